The molecule has 22 aliphatic heterocycles. The Morgan fingerprint density at radius 1 is 0.381 bits per heavy atom. The molecule has 22 fully saturated rings. The summed E-state index contributed by atoms with van der Waals surface area (Å²) < 4.78 is 67.0. The van der Waals surface area contributed by atoms with E-state index in [-0.39, 0.29) is 6.03 Å². The molecule has 1 aromatic carbocycles. The summed E-state index contributed by atoms with van der Waals surface area (Å²) in [6.45, 7) is -2.41. The van der Waals surface area contributed by atoms with Crippen LogP contribution in [0.15, 0.2) is 30.3 Å². The first-order valence-corrected chi connectivity index (χ1v) is 32.4. The molecule has 1 aromatic rings. The SMILES string of the molecule is NCCCCCCNC(=O)NCCCCCCNC(=O)Nc1ccc(/C=C/C(=O)NC[C@H]2O[C@@H]3O[C@H]4[C@H](O)[C@@H](O)[C@@H](CO[C@@H]5[C@@H](O)[C@H](O)[C@@H](CO[C@H]6[C@H](O)[C@@H](O)[C@@H](CO[C@H]7[C@H](O)[C@@H](O)[C@@H](CO[C@H]8[C@H](O)[C@@H](O)[C@@H](CO[C@H]2[C@H](O)[C@H]3O)O[C@@H]8O)O[C@@H]7O)O[C@@H]6O)O[C@@H]5O)O[C@@H]4O)cc1. The number of nitrogens with two attached hydrogens (primary N) is 1. The number of hydrogen-bond donors (Lipinski definition) is 23. The largest absolute Gasteiger partial charge is 0.387 e. The van der Waals surface area contributed by atoms with Crippen LogP contribution < -0.4 is 32.3 Å². The first-order valence-electron chi connectivity index (χ1n) is 32.4. The average Bonchev–Trinajstić information content (AvgIpc) is 0.802. The highest BCUT2D eigenvalue weighted by Gasteiger charge is 2.55. The van der Waals surface area contributed by atoms with E-state index in [0.717, 1.165) is 51.0 Å². The van der Waals surface area contributed by atoms with Gasteiger partial charge in [0.1, 0.15) is 146 Å². The standard InChI is InChI=1S/C59H96N6O32/c60-15-5-1-2-6-16-61-58(84)62-17-7-3-4-8-18-63-59(85)65-26-12-9-25(10-13-26)11-14-33(66)64-19-27-46-44(77)45(78)57(96-27)97-51-43(76)38(71)32(95-56(51)83)24-90-50-42(75)37(70)31(94-55(50)82)23-89-49-41(74)36(69)30(93-54(49)81)22-88-48-40(73)35(68)29(92-53(48)80)21-87-47-39(72)34(67)28(20-86-46)91-52(47)79/h9-14,27-32,34-57,67-83H,1-8,15-24,60H2,(H,64,66)(H2,61,62,84)(H2,63,65,85)/b14-11+/t27-,28-,29-,30-,31-,32-,34+,35+,36+,37-,38+,39-,40-,41-,42+,43-,44-,45-,46-,47+,48+,49+,50-,51+,52+,53+,54+,55+,56+,57-/m1/s1. The number of aliphatic hydroxyl groups excluding tert-OH is 17. The Labute approximate surface area is 555 Å². The summed E-state index contributed by atoms with van der Waals surface area (Å²) in [5, 5.41) is 203. The zero-order chi connectivity index (χ0) is 70.2. The number of amides is 5. The minimum Gasteiger partial charge on any atom is -0.387 e. The first-order chi connectivity index (χ1) is 46.4. The molecule has 0 unspecified atom stereocenters. The van der Waals surface area contributed by atoms with E-state index in [9.17, 15) is 101 Å². The van der Waals surface area contributed by atoms with Gasteiger partial charge < -0.3 is 176 Å². The van der Waals surface area contributed by atoms with Gasteiger partial charge in [0.05, 0.1) is 33.0 Å². The van der Waals surface area contributed by atoms with Crippen LogP contribution in [-0.4, -0.2) is 355 Å². The molecule has 30 atom stereocenters. The van der Waals surface area contributed by atoms with Crippen LogP contribution >= 0.6 is 0 Å². The molecular weight excluding hydrogens is 1300 g/mol. The van der Waals surface area contributed by atoms with Crippen molar-refractivity contribution in [2.24, 2.45) is 5.73 Å². The zero-order valence-corrected chi connectivity index (χ0v) is 52.8. The molecule has 22 aliphatic rings. The third kappa shape index (κ3) is 21.0. The van der Waals surface area contributed by atoms with E-state index in [1.165, 1.54) is 6.08 Å². The molecule has 554 valence electrons. The van der Waals surface area contributed by atoms with E-state index in [4.69, 9.17) is 62.6 Å². The molecule has 0 aromatic heterocycles. The third-order valence-corrected chi connectivity index (χ3v) is 17.7. The lowest BCUT2D eigenvalue weighted by atomic mass is 9.96. The quantitative estimate of drug-likeness (QED) is 0.0479. The van der Waals surface area contributed by atoms with Gasteiger partial charge in [0.25, 0.3) is 0 Å². The Balaban J connectivity index is 0.890. The molecule has 97 heavy (non-hydrogen) atoms. The maximum atomic E-state index is 13.4. The third-order valence-electron chi connectivity index (χ3n) is 17.7. The maximum Gasteiger partial charge on any atom is 0.319 e. The molecule has 22 saturated heterocycles. The van der Waals surface area contributed by atoms with Gasteiger partial charge >= 0.3 is 12.1 Å². The number of anilines is 1. The molecule has 38 heteroatoms. The lowest BCUT2D eigenvalue weighted by molar-refractivity contribution is -0.367. The number of ether oxygens (including phenoxy) is 12. The van der Waals surface area contributed by atoms with Crippen molar-refractivity contribution in [1.29, 1.82) is 0 Å². The summed E-state index contributed by atoms with van der Waals surface area (Å²) in [7, 11) is 0. The molecule has 0 radical (unpaired) electrons. The Bertz CT molecular complexity index is 2580. The van der Waals surface area contributed by atoms with Crippen LogP contribution in [0.1, 0.15) is 56.9 Å². The van der Waals surface area contributed by atoms with Gasteiger partial charge in [0.15, 0.2) is 37.7 Å². The number of urea groups is 2. The van der Waals surface area contributed by atoms with Gasteiger partial charge in [-0.15, -0.1) is 0 Å². The summed E-state index contributed by atoms with van der Waals surface area (Å²) in [6, 6.07) is 5.74. The van der Waals surface area contributed by atoms with Crippen molar-refractivity contribution < 1.29 is 158 Å². The van der Waals surface area contributed by atoms with Crippen molar-refractivity contribution in [2.45, 2.75) is 236 Å². The van der Waals surface area contributed by atoms with Gasteiger partial charge in [-0.3, -0.25) is 4.79 Å². The minimum absolute atomic E-state index is 0.202. The molecule has 0 aliphatic carbocycles. The maximum absolute atomic E-state index is 13.4. The molecule has 0 spiro atoms. The van der Waals surface area contributed by atoms with Gasteiger partial charge in [-0.2, -0.15) is 0 Å². The van der Waals surface area contributed by atoms with Crippen molar-refractivity contribution in [3.05, 3.63) is 35.9 Å². The Kier molecular flexibility index (Phi) is 30.4. The number of rotatable bonds is 18. The Hall–Kier alpha value is -4.23. The van der Waals surface area contributed by atoms with Crippen LogP contribution in [-0.2, 0) is 61.6 Å². The monoisotopic (exact) mass is 1400 g/mol. The summed E-state index contributed by atoms with van der Waals surface area (Å²) in [4.78, 5) is 38.0. The molecule has 24 N–H and O–H groups in total. The molecule has 12 bridgehead atoms. The van der Waals surface area contributed by atoms with E-state index >= 15 is 0 Å². The van der Waals surface area contributed by atoms with Gasteiger partial charge in [-0.05, 0) is 56.0 Å². The van der Waals surface area contributed by atoms with E-state index < -0.39 is 236 Å². The molecule has 38 nitrogen and oxygen atoms in total. The van der Waals surface area contributed by atoms with Crippen molar-refractivity contribution >= 4 is 29.7 Å². The van der Waals surface area contributed by atoms with E-state index in [0.29, 0.717) is 43.9 Å². The fraction of sp³-hybridized carbons (Fsp3) is 0.814. The molecular formula is C59H96N6O32. The number of aliphatic hydroxyl groups is 17. The van der Waals surface area contributed by atoms with Crippen LogP contribution in [0.4, 0.5) is 15.3 Å². The van der Waals surface area contributed by atoms with E-state index in [1.807, 2.05) is 0 Å². The van der Waals surface area contributed by atoms with E-state index in [1.54, 1.807) is 24.3 Å². The second kappa shape index (κ2) is 37.6. The lowest BCUT2D eigenvalue weighted by Crippen LogP contribution is -2.66. The Morgan fingerprint density at radius 3 is 1.11 bits per heavy atom. The molecule has 22 heterocycles. The number of carbonyl (C=O) groups excluding carboxylic acids is 3. The summed E-state index contributed by atoms with van der Waals surface area (Å²) in [5.41, 5.74) is 6.44. The fourth-order valence-electron chi connectivity index (χ4n) is 11.9. The number of unbranched alkanes of at least 4 members (excludes halogenated alkanes) is 6. The summed E-state index contributed by atoms with van der Waals surface area (Å²) in [5.74, 6) is -0.763. The number of carbonyl (C=O) groups is 3. The lowest BCUT2D eigenvalue weighted by Gasteiger charge is -2.47. The molecule has 0 saturated carbocycles. The first kappa shape index (κ1) is 78.5. The summed E-state index contributed by atoms with van der Waals surface area (Å²) in [6.07, 6.45) is -47.9. The van der Waals surface area contributed by atoms with Crippen LogP contribution in [0, 0.1) is 0 Å². The van der Waals surface area contributed by atoms with Crippen LogP contribution in [0.2, 0.25) is 0 Å². The van der Waals surface area contributed by atoms with Gasteiger partial charge in [-0.1, -0.05) is 37.8 Å². The topological polar surface area (TPSA) is 592 Å². The van der Waals surface area contributed by atoms with Crippen molar-refractivity contribution in [3.63, 3.8) is 0 Å². The molecule has 23 rings (SSSR count). The van der Waals surface area contributed by atoms with Crippen LogP contribution in [0.5, 0.6) is 0 Å². The van der Waals surface area contributed by atoms with Crippen molar-refractivity contribution in [3.8, 4) is 0 Å². The van der Waals surface area contributed by atoms with Gasteiger partial charge in [0, 0.05) is 37.9 Å². The van der Waals surface area contributed by atoms with Gasteiger partial charge in [-0.25, -0.2) is 9.59 Å². The number of nitrogens with one attached hydrogen (secondary N) is 5. The Morgan fingerprint density at radius 2 is 0.722 bits per heavy atom. The fourth-order valence-corrected chi connectivity index (χ4v) is 11.9. The van der Waals surface area contributed by atoms with Crippen molar-refractivity contribution in [1.82, 2.24) is 21.3 Å². The zero-order valence-electron chi connectivity index (χ0n) is 52.8. The van der Waals surface area contributed by atoms with Crippen LogP contribution in [0.25, 0.3) is 6.08 Å². The molecule has 5 amide bonds. The second-order valence-electron chi connectivity index (χ2n) is 24.7. The average molecular weight is 1400 g/mol. The van der Waals surface area contributed by atoms with Crippen LogP contribution in [0.3, 0.4) is 0 Å². The normalized spacial score (nSPS) is 41.8. The predicted octanol–water partition coefficient (Wildman–Crippen LogP) is -9.72. The number of benzene rings is 1. The smallest absolute Gasteiger partial charge is 0.319 e. The highest BCUT2D eigenvalue weighted by Crippen LogP contribution is 2.34. The second-order valence-corrected chi connectivity index (χ2v) is 24.7. The predicted molar refractivity (Wildman–Crippen MR) is 322 cm³/mol. The number of hydrogen-bond acceptors (Lipinski definition) is 33. The van der Waals surface area contributed by atoms with Crippen molar-refractivity contribution in [2.75, 3.05) is 71.1 Å². The summed E-state index contributed by atoms with van der Waals surface area (Å²) >= 11 is 0. The van der Waals surface area contributed by atoms with Gasteiger partial charge in [0.2, 0.25) is 5.91 Å². The minimum atomic E-state index is -2.21. The van der Waals surface area contributed by atoms with E-state index in [2.05, 4.69) is 26.6 Å². The highest BCUT2D eigenvalue weighted by molar-refractivity contribution is 5.92. The highest BCUT2D eigenvalue weighted by atomic mass is 16.7.